The Bertz CT molecular complexity index is 158. The predicted octanol–water partition coefficient (Wildman–Crippen LogP) is 2.21. The highest BCUT2D eigenvalue weighted by molar-refractivity contribution is 4.78. The van der Waals surface area contributed by atoms with Crippen molar-refractivity contribution in [2.45, 2.75) is 45.1 Å². The molecule has 0 aromatic carbocycles. The second kappa shape index (κ2) is 8.97. The molecule has 3 heteroatoms. The Labute approximate surface area is 99.9 Å². The van der Waals surface area contributed by atoms with Gasteiger partial charge in [0.2, 0.25) is 0 Å². The van der Waals surface area contributed by atoms with Gasteiger partial charge >= 0.3 is 0 Å². The van der Waals surface area contributed by atoms with Crippen molar-refractivity contribution in [3.05, 3.63) is 0 Å². The number of rotatable bonds is 8. The van der Waals surface area contributed by atoms with E-state index in [1.54, 1.807) is 7.11 Å². The molecule has 0 bridgehead atoms. The average molecular weight is 229 g/mol. The summed E-state index contributed by atoms with van der Waals surface area (Å²) in [7, 11) is 1.78. The van der Waals surface area contributed by atoms with Crippen LogP contribution in [0.4, 0.5) is 0 Å². The molecule has 1 aliphatic rings. The van der Waals surface area contributed by atoms with Crippen molar-refractivity contribution in [3.8, 4) is 0 Å². The fraction of sp³-hybridized carbons (Fsp3) is 1.00. The van der Waals surface area contributed by atoms with Crippen LogP contribution in [-0.2, 0) is 9.47 Å². The second-order valence-corrected chi connectivity index (χ2v) is 4.67. The Hall–Kier alpha value is -0.120. The molecular weight excluding hydrogens is 202 g/mol. The van der Waals surface area contributed by atoms with Crippen molar-refractivity contribution in [1.82, 2.24) is 5.32 Å². The Balaban J connectivity index is 2.28. The molecule has 0 aromatic heterocycles. The number of nitrogens with one attached hydrogen (secondary N) is 1. The lowest BCUT2D eigenvalue weighted by molar-refractivity contribution is 0.0364. The molecule has 0 amide bonds. The lowest BCUT2D eigenvalue weighted by atomic mass is 9.90. The Morgan fingerprint density at radius 2 is 2.38 bits per heavy atom. The highest BCUT2D eigenvalue weighted by Crippen LogP contribution is 2.20. The van der Waals surface area contributed by atoms with Crippen LogP contribution in [0.3, 0.4) is 0 Å². The summed E-state index contributed by atoms with van der Waals surface area (Å²) in [5.41, 5.74) is 0. The first kappa shape index (κ1) is 13.9. The van der Waals surface area contributed by atoms with Gasteiger partial charge in [0.25, 0.3) is 0 Å². The topological polar surface area (TPSA) is 30.5 Å². The summed E-state index contributed by atoms with van der Waals surface area (Å²) in [5.74, 6) is 0.706. The molecule has 96 valence electrons. The molecular formula is C13H27NO2. The van der Waals surface area contributed by atoms with Crippen LogP contribution < -0.4 is 5.32 Å². The van der Waals surface area contributed by atoms with Crippen LogP contribution in [0.1, 0.15) is 39.0 Å². The molecule has 0 saturated carbocycles. The summed E-state index contributed by atoms with van der Waals surface area (Å²) < 4.78 is 10.7. The number of hydrogen-bond donors (Lipinski definition) is 1. The molecule has 1 fully saturated rings. The van der Waals surface area contributed by atoms with Gasteiger partial charge in [0.15, 0.2) is 0 Å². The molecule has 1 N–H and O–H groups in total. The fourth-order valence-corrected chi connectivity index (χ4v) is 2.36. The maximum Gasteiger partial charge on any atom is 0.0509 e. The van der Waals surface area contributed by atoms with E-state index >= 15 is 0 Å². The minimum absolute atomic E-state index is 0.621. The van der Waals surface area contributed by atoms with Gasteiger partial charge in [-0.15, -0.1) is 0 Å². The van der Waals surface area contributed by atoms with Gasteiger partial charge in [0.1, 0.15) is 0 Å². The smallest absolute Gasteiger partial charge is 0.0509 e. The predicted molar refractivity (Wildman–Crippen MR) is 66.7 cm³/mol. The molecule has 1 aliphatic heterocycles. The van der Waals surface area contributed by atoms with Gasteiger partial charge in [-0.2, -0.15) is 0 Å². The zero-order valence-electron chi connectivity index (χ0n) is 10.8. The summed E-state index contributed by atoms with van der Waals surface area (Å²) in [4.78, 5) is 0. The van der Waals surface area contributed by atoms with Crippen LogP contribution in [0.5, 0.6) is 0 Å². The van der Waals surface area contributed by atoms with Crippen molar-refractivity contribution in [1.29, 1.82) is 0 Å². The third-order valence-electron chi connectivity index (χ3n) is 3.28. The molecule has 1 rings (SSSR count). The van der Waals surface area contributed by atoms with Gasteiger partial charge in [-0.1, -0.05) is 6.92 Å². The summed E-state index contributed by atoms with van der Waals surface area (Å²) in [6, 6.07) is 0.621. The SMILES string of the molecule is CCCNC(CCCOC)C1CCCOC1. The average Bonchev–Trinajstić information content (AvgIpc) is 2.35. The summed E-state index contributed by atoms with van der Waals surface area (Å²) >= 11 is 0. The molecule has 0 spiro atoms. The van der Waals surface area contributed by atoms with Crippen molar-refractivity contribution in [2.24, 2.45) is 5.92 Å². The van der Waals surface area contributed by atoms with Gasteiger partial charge in [0, 0.05) is 26.4 Å². The first-order valence-electron chi connectivity index (χ1n) is 6.68. The fourth-order valence-electron chi connectivity index (χ4n) is 2.36. The van der Waals surface area contributed by atoms with E-state index in [0.29, 0.717) is 12.0 Å². The highest BCUT2D eigenvalue weighted by Gasteiger charge is 2.23. The van der Waals surface area contributed by atoms with Crippen LogP contribution >= 0.6 is 0 Å². The number of methoxy groups -OCH3 is 1. The van der Waals surface area contributed by atoms with Crippen molar-refractivity contribution < 1.29 is 9.47 Å². The highest BCUT2D eigenvalue weighted by atomic mass is 16.5. The first-order valence-corrected chi connectivity index (χ1v) is 6.68. The van der Waals surface area contributed by atoms with E-state index in [0.717, 1.165) is 32.8 Å². The Kier molecular flexibility index (Phi) is 7.81. The molecule has 16 heavy (non-hydrogen) atoms. The molecule has 1 saturated heterocycles. The summed E-state index contributed by atoms with van der Waals surface area (Å²) in [6.07, 6.45) is 6.10. The minimum Gasteiger partial charge on any atom is -0.385 e. The van der Waals surface area contributed by atoms with E-state index in [-0.39, 0.29) is 0 Å². The van der Waals surface area contributed by atoms with Crippen molar-refractivity contribution in [2.75, 3.05) is 33.5 Å². The second-order valence-electron chi connectivity index (χ2n) is 4.67. The Morgan fingerprint density at radius 1 is 1.50 bits per heavy atom. The molecule has 2 atom stereocenters. The van der Waals surface area contributed by atoms with E-state index in [2.05, 4.69) is 12.2 Å². The van der Waals surface area contributed by atoms with Crippen molar-refractivity contribution >= 4 is 0 Å². The summed E-state index contributed by atoms with van der Waals surface area (Å²) in [6.45, 7) is 6.10. The third kappa shape index (κ3) is 5.28. The molecule has 3 nitrogen and oxygen atoms in total. The minimum atomic E-state index is 0.621. The quantitative estimate of drug-likeness (QED) is 0.647. The number of ether oxygens (including phenoxy) is 2. The largest absolute Gasteiger partial charge is 0.385 e. The van der Waals surface area contributed by atoms with E-state index in [1.165, 1.54) is 25.7 Å². The zero-order valence-corrected chi connectivity index (χ0v) is 10.8. The van der Waals surface area contributed by atoms with Crippen LogP contribution in [0.25, 0.3) is 0 Å². The molecule has 2 unspecified atom stereocenters. The van der Waals surface area contributed by atoms with E-state index < -0.39 is 0 Å². The van der Waals surface area contributed by atoms with E-state index in [1.807, 2.05) is 0 Å². The molecule has 0 aliphatic carbocycles. The standard InChI is InChI=1S/C13H27NO2/c1-3-8-14-13(7-5-9-15-2)12-6-4-10-16-11-12/h12-14H,3-11H2,1-2H3. The lowest BCUT2D eigenvalue weighted by Gasteiger charge is -2.31. The van der Waals surface area contributed by atoms with Gasteiger partial charge in [0.05, 0.1) is 6.61 Å². The van der Waals surface area contributed by atoms with Crippen LogP contribution in [0.2, 0.25) is 0 Å². The maximum absolute atomic E-state index is 5.58. The summed E-state index contributed by atoms with van der Waals surface area (Å²) in [5, 5.41) is 3.66. The zero-order chi connectivity index (χ0) is 11.6. The van der Waals surface area contributed by atoms with Crippen LogP contribution in [-0.4, -0.2) is 39.5 Å². The number of hydrogen-bond acceptors (Lipinski definition) is 3. The van der Waals surface area contributed by atoms with Crippen LogP contribution in [0, 0.1) is 5.92 Å². The van der Waals surface area contributed by atoms with E-state index in [9.17, 15) is 0 Å². The van der Waals surface area contributed by atoms with Gasteiger partial charge in [-0.05, 0) is 44.6 Å². The van der Waals surface area contributed by atoms with E-state index in [4.69, 9.17) is 9.47 Å². The Morgan fingerprint density at radius 3 is 3.00 bits per heavy atom. The van der Waals surface area contributed by atoms with Gasteiger partial charge in [-0.25, -0.2) is 0 Å². The third-order valence-corrected chi connectivity index (χ3v) is 3.28. The van der Waals surface area contributed by atoms with Crippen LogP contribution in [0.15, 0.2) is 0 Å². The van der Waals surface area contributed by atoms with Crippen molar-refractivity contribution in [3.63, 3.8) is 0 Å². The maximum atomic E-state index is 5.58. The molecule has 0 radical (unpaired) electrons. The first-order chi connectivity index (χ1) is 7.88. The molecule has 1 heterocycles. The van der Waals surface area contributed by atoms with Gasteiger partial charge < -0.3 is 14.8 Å². The monoisotopic (exact) mass is 229 g/mol. The molecule has 0 aromatic rings. The van der Waals surface area contributed by atoms with Gasteiger partial charge in [-0.3, -0.25) is 0 Å². The normalized spacial score (nSPS) is 23.2. The lowest BCUT2D eigenvalue weighted by Crippen LogP contribution is -2.40.